The number of carbonyl (C=O) groups is 2. The van der Waals surface area contributed by atoms with E-state index in [-0.39, 0.29) is 12.0 Å². The van der Waals surface area contributed by atoms with E-state index in [0.717, 1.165) is 11.3 Å². The molecule has 0 aliphatic carbocycles. The molecule has 142 valence electrons. The highest BCUT2D eigenvalue weighted by molar-refractivity contribution is 6.03. The number of carbonyl (C=O) groups excluding carboxylic acids is 2. The average molecular weight is 369 g/mol. The normalized spacial score (nSPS) is 14.0. The summed E-state index contributed by atoms with van der Waals surface area (Å²) in [7, 11) is 0. The van der Waals surface area contributed by atoms with Crippen LogP contribution in [0.1, 0.15) is 23.0 Å². The molecular formula is C19H23N5O3. The molecule has 2 amide bonds. The van der Waals surface area contributed by atoms with E-state index in [1.54, 1.807) is 17.9 Å². The summed E-state index contributed by atoms with van der Waals surface area (Å²) in [5.41, 5.74) is 2.04. The zero-order valence-electron chi connectivity index (χ0n) is 15.5. The van der Waals surface area contributed by atoms with Crippen LogP contribution in [0.3, 0.4) is 0 Å². The van der Waals surface area contributed by atoms with Crippen LogP contribution in [0.4, 0.5) is 16.3 Å². The van der Waals surface area contributed by atoms with Gasteiger partial charge in [-0.3, -0.25) is 4.79 Å². The number of para-hydroxylation sites is 1. The predicted molar refractivity (Wildman–Crippen MR) is 102 cm³/mol. The van der Waals surface area contributed by atoms with E-state index < -0.39 is 0 Å². The van der Waals surface area contributed by atoms with E-state index >= 15 is 0 Å². The number of piperazine rings is 1. The van der Waals surface area contributed by atoms with Crippen LogP contribution in [0.25, 0.3) is 0 Å². The minimum atomic E-state index is -0.293. The van der Waals surface area contributed by atoms with Gasteiger partial charge in [-0.05, 0) is 25.5 Å². The largest absolute Gasteiger partial charge is 0.450 e. The fraction of sp³-hybridized carbons (Fsp3) is 0.368. The summed E-state index contributed by atoms with van der Waals surface area (Å²) in [6, 6.07) is 9.25. The summed E-state index contributed by atoms with van der Waals surface area (Å²) in [6.07, 6.45) is 1.10. The van der Waals surface area contributed by atoms with Gasteiger partial charge < -0.3 is 19.9 Å². The molecule has 1 aromatic heterocycles. The van der Waals surface area contributed by atoms with E-state index in [4.69, 9.17) is 4.74 Å². The Morgan fingerprint density at radius 2 is 1.89 bits per heavy atom. The molecule has 1 fully saturated rings. The second-order valence-corrected chi connectivity index (χ2v) is 6.20. The van der Waals surface area contributed by atoms with Gasteiger partial charge in [0.25, 0.3) is 5.91 Å². The minimum absolute atomic E-state index is 0.280. The molecule has 3 rings (SSSR count). The van der Waals surface area contributed by atoms with Crippen molar-refractivity contribution < 1.29 is 14.3 Å². The lowest BCUT2D eigenvalue weighted by atomic mass is 10.2. The molecule has 0 saturated carbocycles. The number of anilines is 2. The first kappa shape index (κ1) is 18.6. The Hall–Kier alpha value is -3.16. The minimum Gasteiger partial charge on any atom is -0.450 e. The van der Waals surface area contributed by atoms with Crippen molar-refractivity contribution in [3.63, 3.8) is 0 Å². The summed E-state index contributed by atoms with van der Waals surface area (Å²) >= 11 is 0. The Labute approximate surface area is 158 Å². The van der Waals surface area contributed by atoms with Gasteiger partial charge in [0.2, 0.25) is 0 Å². The number of hydrogen-bond acceptors (Lipinski definition) is 6. The number of nitrogens with one attached hydrogen (secondary N) is 1. The zero-order valence-corrected chi connectivity index (χ0v) is 15.5. The molecule has 1 saturated heterocycles. The predicted octanol–water partition coefficient (Wildman–Crippen LogP) is 2.32. The number of hydrogen-bond donors (Lipinski definition) is 1. The molecule has 0 radical (unpaired) electrons. The fourth-order valence-electron chi connectivity index (χ4n) is 2.88. The lowest BCUT2D eigenvalue weighted by Gasteiger charge is -2.34. The first-order chi connectivity index (χ1) is 13.1. The number of ether oxygens (including phenoxy) is 1. The van der Waals surface area contributed by atoms with Crippen LogP contribution in [-0.4, -0.2) is 59.7 Å². The van der Waals surface area contributed by atoms with E-state index in [2.05, 4.69) is 15.3 Å². The lowest BCUT2D eigenvalue weighted by Crippen LogP contribution is -2.49. The maximum Gasteiger partial charge on any atom is 0.409 e. The molecule has 1 N–H and O–H groups in total. The fourth-order valence-corrected chi connectivity index (χ4v) is 2.88. The van der Waals surface area contributed by atoms with Crippen LogP contribution in [0.15, 0.2) is 36.7 Å². The number of aromatic nitrogens is 2. The van der Waals surface area contributed by atoms with Gasteiger partial charge in [-0.15, -0.1) is 0 Å². The van der Waals surface area contributed by atoms with E-state index in [0.29, 0.717) is 44.3 Å². The smallest absolute Gasteiger partial charge is 0.409 e. The molecule has 2 heterocycles. The Morgan fingerprint density at radius 1 is 1.15 bits per heavy atom. The van der Waals surface area contributed by atoms with E-state index in [1.807, 2.05) is 36.1 Å². The average Bonchev–Trinajstić information content (AvgIpc) is 2.70. The quantitative estimate of drug-likeness (QED) is 0.890. The standard InChI is InChI=1S/C19H23N5O3/c1-3-27-19(26)24-10-8-23(9-11-24)17-12-16(20-13-21-17)18(25)22-15-7-5-4-6-14(15)2/h4-7,12-13H,3,8-11H2,1-2H3,(H,22,25). The maximum atomic E-state index is 12.5. The highest BCUT2D eigenvalue weighted by atomic mass is 16.6. The third kappa shape index (κ3) is 4.52. The molecule has 1 aromatic carbocycles. The van der Waals surface area contributed by atoms with Gasteiger partial charge in [0.15, 0.2) is 0 Å². The number of rotatable bonds is 4. The Morgan fingerprint density at radius 3 is 2.59 bits per heavy atom. The zero-order chi connectivity index (χ0) is 19.2. The summed E-state index contributed by atoms with van der Waals surface area (Å²) in [5.74, 6) is 0.390. The van der Waals surface area contributed by atoms with Gasteiger partial charge in [0.05, 0.1) is 6.61 Å². The SMILES string of the molecule is CCOC(=O)N1CCN(c2cc(C(=O)Nc3ccccc3C)ncn2)CC1. The van der Waals surface area contributed by atoms with Gasteiger partial charge in [-0.1, -0.05) is 18.2 Å². The lowest BCUT2D eigenvalue weighted by molar-refractivity contribution is 0.102. The van der Waals surface area contributed by atoms with Crippen molar-refractivity contribution in [2.24, 2.45) is 0 Å². The number of aryl methyl sites for hydroxylation is 1. The molecule has 2 aromatic rings. The third-order valence-electron chi connectivity index (χ3n) is 4.41. The first-order valence-electron chi connectivity index (χ1n) is 8.94. The highest BCUT2D eigenvalue weighted by Gasteiger charge is 2.23. The van der Waals surface area contributed by atoms with E-state index in [1.165, 1.54) is 6.33 Å². The molecule has 1 aliphatic heterocycles. The molecule has 0 spiro atoms. The van der Waals surface area contributed by atoms with Gasteiger partial charge in [-0.2, -0.15) is 0 Å². The maximum absolute atomic E-state index is 12.5. The molecule has 8 nitrogen and oxygen atoms in total. The molecule has 0 atom stereocenters. The van der Waals surface area contributed by atoms with Crippen molar-refractivity contribution in [1.29, 1.82) is 0 Å². The van der Waals surface area contributed by atoms with E-state index in [9.17, 15) is 9.59 Å². The summed E-state index contributed by atoms with van der Waals surface area (Å²) < 4.78 is 5.03. The number of nitrogens with zero attached hydrogens (tertiary/aromatic N) is 4. The van der Waals surface area contributed by atoms with Crippen molar-refractivity contribution >= 4 is 23.5 Å². The van der Waals surface area contributed by atoms with Crippen LogP contribution in [0.5, 0.6) is 0 Å². The topological polar surface area (TPSA) is 87.7 Å². The second-order valence-electron chi connectivity index (χ2n) is 6.20. The van der Waals surface area contributed by atoms with Crippen LogP contribution < -0.4 is 10.2 Å². The molecule has 27 heavy (non-hydrogen) atoms. The van der Waals surface area contributed by atoms with Crippen LogP contribution in [0, 0.1) is 6.92 Å². The molecular weight excluding hydrogens is 346 g/mol. The summed E-state index contributed by atoms with van der Waals surface area (Å²) in [5, 5.41) is 2.88. The van der Waals surface area contributed by atoms with Gasteiger partial charge in [0, 0.05) is 37.9 Å². The third-order valence-corrected chi connectivity index (χ3v) is 4.41. The van der Waals surface area contributed by atoms with Crippen molar-refractivity contribution in [1.82, 2.24) is 14.9 Å². The summed E-state index contributed by atoms with van der Waals surface area (Å²) in [4.78, 5) is 36.4. The van der Waals surface area contributed by atoms with Crippen LogP contribution >= 0.6 is 0 Å². The van der Waals surface area contributed by atoms with Crippen molar-refractivity contribution in [2.75, 3.05) is 43.0 Å². The van der Waals surface area contributed by atoms with Gasteiger partial charge >= 0.3 is 6.09 Å². The molecule has 1 aliphatic rings. The second kappa shape index (κ2) is 8.48. The van der Waals surface area contributed by atoms with Gasteiger partial charge in [-0.25, -0.2) is 14.8 Å². The number of amides is 2. The summed E-state index contributed by atoms with van der Waals surface area (Å²) in [6.45, 7) is 6.43. The van der Waals surface area contributed by atoms with Crippen LogP contribution in [-0.2, 0) is 4.74 Å². The van der Waals surface area contributed by atoms with Crippen molar-refractivity contribution in [3.05, 3.63) is 47.9 Å². The first-order valence-corrected chi connectivity index (χ1v) is 8.94. The molecule has 8 heteroatoms. The highest BCUT2D eigenvalue weighted by Crippen LogP contribution is 2.17. The molecule has 0 bridgehead atoms. The van der Waals surface area contributed by atoms with Crippen molar-refractivity contribution in [3.8, 4) is 0 Å². The monoisotopic (exact) mass is 369 g/mol. The van der Waals surface area contributed by atoms with Crippen LogP contribution in [0.2, 0.25) is 0 Å². The Balaban J connectivity index is 1.65. The van der Waals surface area contributed by atoms with Crippen molar-refractivity contribution in [2.45, 2.75) is 13.8 Å². The number of benzene rings is 1. The molecule has 0 unspecified atom stereocenters. The van der Waals surface area contributed by atoms with Gasteiger partial charge in [0.1, 0.15) is 17.8 Å². The Bertz CT molecular complexity index is 818. The Kier molecular flexibility index (Phi) is 5.85.